The van der Waals surface area contributed by atoms with Gasteiger partial charge in [-0.15, -0.1) is 0 Å². The molecular formula is C19H21NO5. The average Bonchev–Trinajstić information content (AvgIpc) is 2.52. The van der Waals surface area contributed by atoms with E-state index in [-0.39, 0.29) is 17.4 Å². The number of hydrogen-bond donors (Lipinski definition) is 2. The minimum Gasteiger partial charge on any atom is -0.489 e. The molecule has 0 atom stereocenters. The van der Waals surface area contributed by atoms with E-state index in [9.17, 15) is 14.7 Å². The Bertz CT molecular complexity index is 756. The fourth-order valence-corrected chi connectivity index (χ4v) is 2.31. The van der Waals surface area contributed by atoms with Gasteiger partial charge in [0.2, 0.25) is 0 Å². The molecule has 2 aromatic rings. The molecule has 0 aliphatic carbocycles. The molecule has 2 N–H and O–H groups in total. The molecule has 6 heteroatoms. The first kappa shape index (κ1) is 18.3. The lowest BCUT2D eigenvalue weighted by Gasteiger charge is -2.15. The number of rotatable bonds is 6. The van der Waals surface area contributed by atoms with E-state index in [1.165, 1.54) is 6.07 Å². The fraction of sp³-hybridized carbons (Fsp3) is 0.263. The van der Waals surface area contributed by atoms with Gasteiger partial charge < -0.3 is 14.6 Å². The van der Waals surface area contributed by atoms with Crippen LogP contribution in [0.2, 0.25) is 0 Å². The summed E-state index contributed by atoms with van der Waals surface area (Å²) in [5, 5.41) is 11.9. The first-order valence-corrected chi connectivity index (χ1v) is 7.89. The fourth-order valence-electron chi connectivity index (χ4n) is 2.31. The van der Waals surface area contributed by atoms with Gasteiger partial charge in [-0.2, -0.15) is 0 Å². The third-order valence-corrected chi connectivity index (χ3v) is 3.35. The smallest absolute Gasteiger partial charge is 0.411 e. The third kappa shape index (κ3) is 5.24. The zero-order valence-electron chi connectivity index (χ0n) is 14.4. The molecule has 6 nitrogen and oxygen atoms in total. The molecule has 1 amide bonds. The van der Waals surface area contributed by atoms with Crippen molar-refractivity contribution in [3.05, 3.63) is 59.2 Å². The van der Waals surface area contributed by atoms with Gasteiger partial charge in [-0.25, -0.2) is 9.59 Å². The summed E-state index contributed by atoms with van der Waals surface area (Å²) in [5.74, 6) is -0.668. The Morgan fingerprint density at radius 2 is 1.84 bits per heavy atom. The minimum absolute atomic E-state index is 0.00719. The molecule has 0 fully saturated rings. The Kier molecular flexibility index (Phi) is 6.00. The lowest BCUT2D eigenvalue weighted by atomic mass is 10.1. The molecule has 0 saturated carbocycles. The molecule has 0 radical (unpaired) electrons. The van der Waals surface area contributed by atoms with Gasteiger partial charge in [-0.05, 0) is 38.0 Å². The van der Waals surface area contributed by atoms with Crippen molar-refractivity contribution < 1.29 is 24.2 Å². The van der Waals surface area contributed by atoms with Gasteiger partial charge in [0.05, 0.1) is 17.4 Å². The van der Waals surface area contributed by atoms with E-state index in [1.807, 2.05) is 30.3 Å². The summed E-state index contributed by atoms with van der Waals surface area (Å²) < 4.78 is 10.7. The van der Waals surface area contributed by atoms with E-state index in [1.54, 1.807) is 26.8 Å². The largest absolute Gasteiger partial charge is 0.489 e. The molecule has 0 heterocycles. The van der Waals surface area contributed by atoms with Crippen LogP contribution in [-0.2, 0) is 11.3 Å². The number of ether oxygens (including phenoxy) is 2. The van der Waals surface area contributed by atoms with Crippen LogP contribution < -0.4 is 10.1 Å². The summed E-state index contributed by atoms with van der Waals surface area (Å²) in [6, 6.07) is 12.7. The quantitative estimate of drug-likeness (QED) is 0.820. The Labute approximate surface area is 146 Å². The van der Waals surface area contributed by atoms with E-state index in [2.05, 4.69) is 5.32 Å². The van der Waals surface area contributed by atoms with Crippen LogP contribution in [-0.4, -0.2) is 23.3 Å². The first-order valence-electron chi connectivity index (χ1n) is 7.89. The first-order chi connectivity index (χ1) is 11.9. The molecular weight excluding hydrogens is 322 g/mol. The number of aromatic carboxylic acids is 1. The van der Waals surface area contributed by atoms with Crippen LogP contribution in [0.15, 0.2) is 42.5 Å². The molecule has 0 unspecified atom stereocenters. The third-order valence-electron chi connectivity index (χ3n) is 3.35. The number of hydrogen-bond acceptors (Lipinski definition) is 4. The number of aryl methyl sites for hydroxylation is 1. The molecule has 0 aliphatic heterocycles. The molecule has 2 aromatic carbocycles. The standard InChI is InChI=1S/C19H21NO5/c1-12(2)25-19(23)20-16-10-15(9-13(3)17(16)18(21)22)24-11-14-7-5-4-6-8-14/h4-10,12H,11H2,1-3H3,(H,20,23)(H,21,22). The summed E-state index contributed by atoms with van der Waals surface area (Å²) in [5.41, 5.74) is 1.61. The number of anilines is 1. The summed E-state index contributed by atoms with van der Waals surface area (Å²) in [4.78, 5) is 23.3. The summed E-state index contributed by atoms with van der Waals surface area (Å²) in [6.45, 7) is 5.41. The highest BCUT2D eigenvalue weighted by molar-refractivity contribution is 6.00. The van der Waals surface area contributed by atoms with E-state index < -0.39 is 12.1 Å². The van der Waals surface area contributed by atoms with E-state index in [0.717, 1.165) is 5.56 Å². The van der Waals surface area contributed by atoms with Crippen molar-refractivity contribution in [1.82, 2.24) is 0 Å². The van der Waals surface area contributed by atoms with E-state index in [0.29, 0.717) is 17.9 Å². The van der Waals surface area contributed by atoms with Gasteiger partial charge in [0.25, 0.3) is 0 Å². The Morgan fingerprint density at radius 3 is 2.44 bits per heavy atom. The highest BCUT2D eigenvalue weighted by Crippen LogP contribution is 2.27. The lowest BCUT2D eigenvalue weighted by molar-refractivity contribution is 0.0697. The van der Waals surface area contributed by atoms with Gasteiger partial charge in [-0.1, -0.05) is 30.3 Å². The van der Waals surface area contributed by atoms with E-state index >= 15 is 0 Å². The summed E-state index contributed by atoms with van der Waals surface area (Å²) in [7, 11) is 0. The van der Waals surface area contributed by atoms with Crippen LogP contribution in [0.1, 0.15) is 35.3 Å². The number of carbonyl (C=O) groups is 2. The topological polar surface area (TPSA) is 84.9 Å². The van der Waals surface area contributed by atoms with Crippen molar-refractivity contribution >= 4 is 17.7 Å². The number of amides is 1. The summed E-state index contributed by atoms with van der Waals surface area (Å²) in [6.07, 6.45) is -1.02. The maximum absolute atomic E-state index is 11.8. The predicted molar refractivity (Wildman–Crippen MR) is 94.2 cm³/mol. The van der Waals surface area contributed by atoms with Crippen LogP contribution in [0.4, 0.5) is 10.5 Å². The molecule has 132 valence electrons. The van der Waals surface area contributed by atoms with Crippen molar-refractivity contribution in [1.29, 1.82) is 0 Å². The van der Waals surface area contributed by atoms with Crippen LogP contribution in [0, 0.1) is 6.92 Å². The van der Waals surface area contributed by atoms with Gasteiger partial charge in [-0.3, -0.25) is 5.32 Å². The van der Waals surface area contributed by atoms with Crippen LogP contribution >= 0.6 is 0 Å². The predicted octanol–water partition coefficient (Wildman–Crippen LogP) is 4.23. The van der Waals surface area contributed by atoms with Crippen molar-refractivity contribution in [2.45, 2.75) is 33.5 Å². The van der Waals surface area contributed by atoms with Gasteiger partial charge in [0.15, 0.2) is 0 Å². The summed E-state index contributed by atoms with van der Waals surface area (Å²) >= 11 is 0. The number of carboxylic acid groups (broad SMARTS) is 1. The SMILES string of the molecule is Cc1cc(OCc2ccccc2)cc(NC(=O)OC(C)C)c1C(=O)O. The Morgan fingerprint density at radius 1 is 1.16 bits per heavy atom. The molecule has 0 aromatic heterocycles. The zero-order valence-corrected chi connectivity index (χ0v) is 14.4. The van der Waals surface area contributed by atoms with Gasteiger partial charge in [0.1, 0.15) is 12.4 Å². The normalized spacial score (nSPS) is 10.4. The van der Waals surface area contributed by atoms with E-state index in [4.69, 9.17) is 9.47 Å². The van der Waals surface area contributed by atoms with Crippen molar-refractivity contribution in [2.24, 2.45) is 0 Å². The molecule has 25 heavy (non-hydrogen) atoms. The maximum Gasteiger partial charge on any atom is 0.411 e. The minimum atomic E-state index is -1.13. The van der Waals surface area contributed by atoms with Crippen molar-refractivity contribution in [3.8, 4) is 5.75 Å². The second-order valence-corrected chi connectivity index (χ2v) is 5.82. The van der Waals surface area contributed by atoms with Crippen LogP contribution in [0.3, 0.4) is 0 Å². The second kappa shape index (κ2) is 8.19. The van der Waals surface area contributed by atoms with Crippen LogP contribution in [0.25, 0.3) is 0 Å². The number of nitrogens with one attached hydrogen (secondary N) is 1. The van der Waals surface area contributed by atoms with Gasteiger partial charge in [0, 0.05) is 6.07 Å². The Balaban J connectivity index is 2.24. The molecule has 0 bridgehead atoms. The highest BCUT2D eigenvalue weighted by atomic mass is 16.6. The van der Waals surface area contributed by atoms with Crippen molar-refractivity contribution in [2.75, 3.05) is 5.32 Å². The van der Waals surface area contributed by atoms with Crippen LogP contribution in [0.5, 0.6) is 5.75 Å². The highest BCUT2D eigenvalue weighted by Gasteiger charge is 2.18. The van der Waals surface area contributed by atoms with Crippen molar-refractivity contribution in [3.63, 3.8) is 0 Å². The molecule has 0 aliphatic rings. The molecule has 0 spiro atoms. The number of carbonyl (C=O) groups excluding carboxylic acids is 1. The number of benzene rings is 2. The number of carboxylic acids is 1. The second-order valence-electron chi connectivity index (χ2n) is 5.82. The zero-order chi connectivity index (χ0) is 18.4. The Hall–Kier alpha value is -3.02. The molecule has 2 rings (SSSR count). The maximum atomic E-state index is 11.8. The molecule has 0 saturated heterocycles. The average molecular weight is 343 g/mol. The monoisotopic (exact) mass is 343 g/mol. The van der Waals surface area contributed by atoms with Gasteiger partial charge >= 0.3 is 12.1 Å². The lowest BCUT2D eigenvalue weighted by Crippen LogP contribution is -2.20.